The Morgan fingerprint density at radius 1 is 0.913 bits per heavy atom. The topological polar surface area (TPSA) is 112 Å². The largest absolute Gasteiger partial charge is 0.481 e. The van der Waals surface area contributed by atoms with Crippen molar-refractivity contribution in [2.45, 2.75) is 58.3 Å². The van der Waals surface area contributed by atoms with Gasteiger partial charge in [0, 0.05) is 18.9 Å². The average Bonchev–Trinajstić information content (AvgIpc) is 2.43. The highest BCUT2D eigenvalue weighted by atomic mass is 16.4. The number of carbonyl (C=O) groups is 3. The summed E-state index contributed by atoms with van der Waals surface area (Å²) in [5.41, 5.74) is -0.396. The molecule has 0 heterocycles. The molecule has 6 heteroatoms. The molecule has 0 atom stereocenters. The Morgan fingerprint density at radius 3 is 1.83 bits per heavy atom. The molecule has 0 aliphatic rings. The molecule has 0 saturated heterocycles. The molecular formula is C17H26O6. The van der Waals surface area contributed by atoms with Crippen molar-refractivity contribution in [3.63, 3.8) is 0 Å². The van der Waals surface area contributed by atoms with Crippen LogP contribution in [0.2, 0.25) is 0 Å². The highest BCUT2D eigenvalue weighted by molar-refractivity contribution is 5.79. The second-order valence-corrected chi connectivity index (χ2v) is 5.61. The van der Waals surface area contributed by atoms with Gasteiger partial charge in [0.2, 0.25) is 0 Å². The molecular weight excluding hydrogens is 300 g/mol. The SMILES string of the molecule is CCC=CC(CC=CC(=O)O)(CCCC(=O)O)CCCC(=O)O. The van der Waals surface area contributed by atoms with Gasteiger partial charge in [-0.2, -0.15) is 0 Å². The van der Waals surface area contributed by atoms with Gasteiger partial charge in [-0.3, -0.25) is 9.59 Å². The van der Waals surface area contributed by atoms with Gasteiger partial charge >= 0.3 is 17.9 Å². The monoisotopic (exact) mass is 326 g/mol. The van der Waals surface area contributed by atoms with Crippen LogP contribution in [-0.2, 0) is 14.4 Å². The third kappa shape index (κ3) is 11.2. The summed E-state index contributed by atoms with van der Waals surface area (Å²) in [5, 5.41) is 26.3. The molecule has 0 aromatic heterocycles. The summed E-state index contributed by atoms with van der Waals surface area (Å²) >= 11 is 0. The van der Waals surface area contributed by atoms with Crippen molar-refractivity contribution in [3.05, 3.63) is 24.3 Å². The van der Waals surface area contributed by atoms with Gasteiger partial charge in [0.15, 0.2) is 0 Å². The fraction of sp³-hybridized carbons (Fsp3) is 0.588. The number of rotatable bonds is 13. The minimum Gasteiger partial charge on any atom is -0.481 e. The van der Waals surface area contributed by atoms with Crippen LogP contribution in [0.1, 0.15) is 58.3 Å². The quantitative estimate of drug-likeness (QED) is 0.353. The Bertz CT molecular complexity index is 430. The highest BCUT2D eigenvalue weighted by Crippen LogP contribution is 2.37. The molecule has 0 radical (unpaired) electrons. The number of hydrogen-bond acceptors (Lipinski definition) is 3. The first-order valence-electron chi connectivity index (χ1n) is 7.82. The van der Waals surface area contributed by atoms with E-state index >= 15 is 0 Å². The zero-order valence-electron chi connectivity index (χ0n) is 13.5. The van der Waals surface area contributed by atoms with Crippen LogP contribution in [0.15, 0.2) is 24.3 Å². The minimum atomic E-state index is -1.03. The number of allylic oxidation sites excluding steroid dienone is 3. The fourth-order valence-corrected chi connectivity index (χ4v) is 2.51. The minimum absolute atomic E-state index is 0.0449. The van der Waals surface area contributed by atoms with Crippen LogP contribution in [0, 0.1) is 5.41 Å². The second-order valence-electron chi connectivity index (χ2n) is 5.61. The van der Waals surface area contributed by atoms with Crippen molar-refractivity contribution >= 4 is 17.9 Å². The third-order valence-electron chi connectivity index (χ3n) is 3.62. The Morgan fingerprint density at radius 2 is 1.43 bits per heavy atom. The summed E-state index contributed by atoms with van der Waals surface area (Å²) in [6.07, 6.45) is 10.0. The predicted octanol–water partition coefficient (Wildman–Crippen LogP) is 3.48. The Kier molecular flexibility index (Phi) is 10.4. The third-order valence-corrected chi connectivity index (χ3v) is 3.62. The maximum absolute atomic E-state index is 10.7. The van der Waals surface area contributed by atoms with E-state index in [1.807, 2.05) is 19.1 Å². The Balaban J connectivity index is 5.07. The van der Waals surface area contributed by atoms with Gasteiger partial charge in [0.05, 0.1) is 0 Å². The molecule has 23 heavy (non-hydrogen) atoms. The number of aliphatic carboxylic acids is 3. The Labute approximate surface area is 136 Å². The van der Waals surface area contributed by atoms with Gasteiger partial charge in [-0.25, -0.2) is 4.79 Å². The lowest BCUT2D eigenvalue weighted by atomic mass is 9.75. The maximum Gasteiger partial charge on any atom is 0.327 e. The highest BCUT2D eigenvalue weighted by Gasteiger charge is 2.25. The maximum atomic E-state index is 10.7. The molecule has 0 bridgehead atoms. The van der Waals surface area contributed by atoms with Crippen LogP contribution >= 0.6 is 0 Å². The van der Waals surface area contributed by atoms with Crippen LogP contribution in [0.4, 0.5) is 0 Å². The van der Waals surface area contributed by atoms with E-state index in [0.717, 1.165) is 12.5 Å². The normalized spacial score (nSPS) is 12.0. The van der Waals surface area contributed by atoms with Gasteiger partial charge < -0.3 is 15.3 Å². The van der Waals surface area contributed by atoms with Crippen LogP contribution in [-0.4, -0.2) is 33.2 Å². The zero-order valence-corrected chi connectivity index (χ0v) is 13.5. The molecule has 0 spiro atoms. The van der Waals surface area contributed by atoms with Crippen LogP contribution in [0.5, 0.6) is 0 Å². The van der Waals surface area contributed by atoms with Crippen molar-refractivity contribution in [1.82, 2.24) is 0 Å². The molecule has 0 saturated carbocycles. The standard InChI is InChI=1S/C17H26O6/c1-2-3-10-17(11-4-7-14(18)19,12-5-8-15(20)21)13-6-9-16(22)23/h3-4,7,10H,2,5-6,8-9,11-13H2,1H3,(H,18,19)(H,20,21)(H,22,23). The van der Waals surface area contributed by atoms with Gasteiger partial charge in [-0.1, -0.05) is 25.2 Å². The van der Waals surface area contributed by atoms with Crippen LogP contribution in [0.3, 0.4) is 0 Å². The summed E-state index contributed by atoms with van der Waals surface area (Å²) in [6, 6.07) is 0. The van der Waals surface area contributed by atoms with Crippen LogP contribution in [0.25, 0.3) is 0 Å². The van der Waals surface area contributed by atoms with Gasteiger partial charge in [-0.05, 0) is 43.9 Å². The van der Waals surface area contributed by atoms with E-state index in [1.54, 1.807) is 6.08 Å². The molecule has 0 aliphatic heterocycles. The second kappa shape index (κ2) is 11.5. The fourth-order valence-electron chi connectivity index (χ4n) is 2.51. The van der Waals surface area contributed by atoms with Gasteiger partial charge in [0.25, 0.3) is 0 Å². The van der Waals surface area contributed by atoms with Crippen molar-refractivity contribution in [3.8, 4) is 0 Å². The molecule has 0 amide bonds. The molecule has 0 fully saturated rings. The Hall–Kier alpha value is -2.11. The lowest BCUT2D eigenvalue weighted by Crippen LogP contribution is -2.19. The van der Waals surface area contributed by atoms with Crippen molar-refractivity contribution in [2.75, 3.05) is 0 Å². The first-order chi connectivity index (χ1) is 10.8. The van der Waals surface area contributed by atoms with Crippen LogP contribution < -0.4 is 0 Å². The average molecular weight is 326 g/mol. The summed E-state index contributed by atoms with van der Waals surface area (Å²) in [5.74, 6) is -2.77. The number of hydrogen-bond donors (Lipinski definition) is 3. The van der Waals surface area contributed by atoms with E-state index in [1.165, 1.54) is 0 Å². The first-order valence-corrected chi connectivity index (χ1v) is 7.82. The van der Waals surface area contributed by atoms with Gasteiger partial charge in [0.1, 0.15) is 0 Å². The molecule has 0 aromatic carbocycles. The van der Waals surface area contributed by atoms with E-state index < -0.39 is 23.3 Å². The molecule has 130 valence electrons. The summed E-state index contributed by atoms with van der Waals surface area (Å²) in [6.45, 7) is 1.98. The van der Waals surface area contributed by atoms with Crippen molar-refractivity contribution < 1.29 is 29.7 Å². The van der Waals surface area contributed by atoms with E-state index in [4.69, 9.17) is 15.3 Å². The number of carboxylic acid groups (broad SMARTS) is 3. The lowest BCUT2D eigenvalue weighted by Gasteiger charge is -2.30. The molecule has 0 aliphatic carbocycles. The number of carboxylic acids is 3. The molecule has 0 unspecified atom stereocenters. The van der Waals surface area contributed by atoms with Gasteiger partial charge in [-0.15, -0.1) is 0 Å². The summed E-state index contributed by atoms with van der Waals surface area (Å²) < 4.78 is 0. The van der Waals surface area contributed by atoms with E-state index in [9.17, 15) is 14.4 Å². The molecule has 0 aromatic rings. The lowest BCUT2D eigenvalue weighted by molar-refractivity contribution is -0.138. The first kappa shape index (κ1) is 20.9. The van der Waals surface area contributed by atoms with E-state index in [-0.39, 0.29) is 12.8 Å². The predicted molar refractivity (Wildman–Crippen MR) is 86.2 cm³/mol. The van der Waals surface area contributed by atoms with Crippen molar-refractivity contribution in [2.24, 2.45) is 5.41 Å². The van der Waals surface area contributed by atoms with E-state index in [2.05, 4.69) is 0 Å². The summed E-state index contributed by atoms with van der Waals surface area (Å²) in [4.78, 5) is 32.1. The van der Waals surface area contributed by atoms with Crippen molar-refractivity contribution in [1.29, 1.82) is 0 Å². The van der Waals surface area contributed by atoms with E-state index in [0.29, 0.717) is 32.1 Å². The molecule has 3 N–H and O–H groups in total. The molecule has 0 rings (SSSR count). The zero-order chi connectivity index (χ0) is 17.7. The smallest absolute Gasteiger partial charge is 0.327 e. The summed E-state index contributed by atoms with van der Waals surface area (Å²) in [7, 11) is 0. The molecule has 6 nitrogen and oxygen atoms in total.